The fourth-order valence-corrected chi connectivity index (χ4v) is 3.76. The number of hydrogen-bond acceptors (Lipinski definition) is 6. The highest BCUT2D eigenvalue weighted by Gasteiger charge is 2.39. The molecule has 0 spiro atoms. The summed E-state index contributed by atoms with van der Waals surface area (Å²) in [6.07, 6.45) is -0.0341. The van der Waals surface area contributed by atoms with Crippen molar-refractivity contribution in [1.29, 1.82) is 0 Å². The summed E-state index contributed by atoms with van der Waals surface area (Å²) in [6, 6.07) is 19.0. The Hall–Kier alpha value is -4.04. The maximum absolute atomic E-state index is 13.3. The second-order valence-electron chi connectivity index (χ2n) is 7.89. The molecule has 1 heterocycles. The summed E-state index contributed by atoms with van der Waals surface area (Å²) < 4.78 is 5.53. The van der Waals surface area contributed by atoms with Crippen LogP contribution in [0.4, 0.5) is 11.4 Å². The number of ether oxygens (including phenoxy) is 1. The van der Waals surface area contributed by atoms with Crippen LogP contribution in [0.3, 0.4) is 0 Å². The quantitative estimate of drug-likeness (QED) is 0.314. The molecule has 8 heteroatoms. The average Bonchev–Trinajstić information content (AvgIpc) is 3.03. The third-order valence-corrected chi connectivity index (χ3v) is 5.35. The summed E-state index contributed by atoms with van der Waals surface area (Å²) in [5, 5.41) is 16.1. The highest BCUT2D eigenvalue weighted by atomic mass is 16.6. The van der Waals surface area contributed by atoms with Gasteiger partial charge in [-0.05, 0) is 43.0 Å². The molecule has 0 atom stereocenters. The van der Waals surface area contributed by atoms with Gasteiger partial charge in [-0.3, -0.25) is 24.6 Å². The van der Waals surface area contributed by atoms with E-state index in [1.165, 1.54) is 24.3 Å². The number of nitro groups is 1. The molecule has 0 fully saturated rings. The zero-order valence-electron chi connectivity index (χ0n) is 18.3. The van der Waals surface area contributed by atoms with E-state index in [-0.39, 0.29) is 36.2 Å². The minimum absolute atomic E-state index is 0.0341. The van der Waals surface area contributed by atoms with Crippen molar-refractivity contribution < 1.29 is 19.2 Å². The molecule has 33 heavy (non-hydrogen) atoms. The van der Waals surface area contributed by atoms with Crippen molar-refractivity contribution in [2.24, 2.45) is 0 Å². The molecule has 0 aromatic heterocycles. The van der Waals surface area contributed by atoms with Gasteiger partial charge in [-0.15, -0.1) is 0 Å². The van der Waals surface area contributed by atoms with Crippen molar-refractivity contribution in [1.82, 2.24) is 4.90 Å². The number of nitro benzene ring substituents is 1. The van der Waals surface area contributed by atoms with Gasteiger partial charge in [-0.2, -0.15) is 0 Å². The van der Waals surface area contributed by atoms with E-state index >= 15 is 0 Å². The monoisotopic (exact) mass is 445 g/mol. The number of nitrogens with zero attached hydrogens (tertiary/aromatic N) is 2. The van der Waals surface area contributed by atoms with Crippen LogP contribution >= 0.6 is 0 Å². The summed E-state index contributed by atoms with van der Waals surface area (Å²) in [5.74, 6) is -0.933. The van der Waals surface area contributed by atoms with Gasteiger partial charge in [0.15, 0.2) is 0 Å². The molecule has 0 saturated carbocycles. The Balaban J connectivity index is 1.75. The topological polar surface area (TPSA) is 102 Å². The second kappa shape index (κ2) is 9.22. The third kappa shape index (κ3) is 4.47. The molecule has 0 radical (unpaired) electrons. The molecule has 4 rings (SSSR count). The molecule has 0 bridgehead atoms. The lowest BCUT2D eigenvalue weighted by atomic mass is 10.0. The number of anilines is 1. The van der Waals surface area contributed by atoms with Gasteiger partial charge in [-0.25, -0.2) is 0 Å². The number of amides is 2. The Morgan fingerprint density at radius 2 is 1.67 bits per heavy atom. The number of hydrogen-bond donors (Lipinski definition) is 1. The lowest BCUT2D eigenvalue weighted by Gasteiger charge is -2.16. The molecule has 1 N–H and O–H groups in total. The van der Waals surface area contributed by atoms with Crippen LogP contribution in [0.25, 0.3) is 16.3 Å². The summed E-state index contributed by atoms with van der Waals surface area (Å²) in [5.41, 5.74) is 1.32. The maximum Gasteiger partial charge on any atom is 0.278 e. The van der Waals surface area contributed by atoms with E-state index in [1.807, 2.05) is 56.3 Å². The molecule has 168 valence electrons. The molecule has 0 unspecified atom stereocenters. The van der Waals surface area contributed by atoms with Crippen LogP contribution in [0.5, 0.6) is 0 Å². The van der Waals surface area contributed by atoms with Crippen LogP contribution in [-0.2, 0) is 14.3 Å². The van der Waals surface area contributed by atoms with Crippen molar-refractivity contribution in [3.05, 3.63) is 88.1 Å². The highest BCUT2D eigenvalue weighted by Crippen LogP contribution is 2.33. The molecule has 0 saturated heterocycles. The first-order valence-electron chi connectivity index (χ1n) is 10.6. The molecular formula is C25H23N3O5. The lowest BCUT2D eigenvalue weighted by molar-refractivity contribution is -0.384. The van der Waals surface area contributed by atoms with Gasteiger partial charge in [0.2, 0.25) is 0 Å². The van der Waals surface area contributed by atoms with Gasteiger partial charge in [0.1, 0.15) is 5.70 Å². The molecular weight excluding hydrogens is 422 g/mol. The van der Waals surface area contributed by atoms with Gasteiger partial charge < -0.3 is 10.1 Å². The van der Waals surface area contributed by atoms with Crippen molar-refractivity contribution in [3.63, 3.8) is 0 Å². The maximum atomic E-state index is 13.3. The fourth-order valence-electron chi connectivity index (χ4n) is 3.76. The number of fused-ring (bicyclic) bond motifs is 1. The lowest BCUT2D eigenvalue weighted by Crippen LogP contribution is -2.35. The Morgan fingerprint density at radius 3 is 2.36 bits per heavy atom. The van der Waals surface area contributed by atoms with Crippen LogP contribution in [-0.4, -0.2) is 40.9 Å². The standard InChI is InChI=1S/C25H23N3O5/c1-16(2)33-15-14-27-24(29)22(18-10-12-19(13-11-18)28(31)32)23(25(27)30)26-21-9-5-7-17-6-3-4-8-20(17)21/h3-13,16,26H,14-15H2,1-2H3. The van der Waals surface area contributed by atoms with E-state index in [1.54, 1.807) is 0 Å². The van der Waals surface area contributed by atoms with E-state index in [9.17, 15) is 19.7 Å². The molecule has 3 aromatic carbocycles. The minimum Gasteiger partial charge on any atom is -0.377 e. The van der Waals surface area contributed by atoms with Gasteiger partial charge in [0.25, 0.3) is 17.5 Å². The van der Waals surface area contributed by atoms with Crippen LogP contribution in [0, 0.1) is 10.1 Å². The van der Waals surface area contributed by atoms with E-state index in [4.69, 9.17) is 4.74 Å². The van der Waals surface area contributed by atoms with Crippen LogP contribution < -0.4 is 5.32 Å². The predicted molar refractivity (Wildman–Crippen MR) is 125 cm³/mol. The number of carbonyl (C=O) groups is 2. The average molecular weight is 445 g/mol. The van der Waals surface area contributed by atoms with Crippen LogP contribution in [0.2, 0.25) is 0 Å². The number of carbonyl (C=O) groups excluding carboxylic acids is 2. The molecule has 1 aliphatic heterocycles. The van der Waals surface area contributed by atoms with Crippen molar-refractivity contribution in [3.8, 4) is 0 Å². The Kier molecular flexibility index (Phi) is 6.19. The Morgan fingerprint density at radius 1 is 0.970 bits per heavy atom. The molecule has 1 aliphatic rings. The highest BCUT2D eigenvalue weighted by molar-refractivity contribution is 6.36. The zero-order valence-corrected chi connectivity index (χ0v) is 18.3. The number of rotatable bonds is 8. The van der Waals surface area contributed by atoms with Gasteiger partial charge in [-0.1, -0.05) is 36.4 Å². The summed E-state index contributed by atoms with van der Waals surface area (Å²) >= 11 is 0. The first-order valence-corrected chi connectivity index (χ1v) is 10.6. The number of imide groups is 1. The fraction of sp³-hybridized carbons (Fsp3) is 0.200. The van der Waals surface area contributed by atoms with E-state index in [0.717, 1.165) is 15.7 Å². The molecule has 0 aliphatic carbocycles. The zero-order chi connectivity index (χ0) is 23.5. The molecule has 3 aromatic rings. The number of benzene rings is 3. The van der Waals surface area contributed by atoms with Crippen molar-refractivity contribution >= 4 is 39.5 Å². The SMILES string of the molecule is CC(C)OCCN1C(=O)C(Nc2cccc3ccccc23)=C(c2ccc([N+](=O)[O-])cc2)C1=O. The third-order valence-electron chi connectivity index (χ3n) is 5.35. The summed E-state index contributed by atoms with van der Waals surface area (Å²) in [7, 11) is 0. The van der Waals surface area contributed by atoms with E-state index in [2.05, 4.69) is 5.32 Å². The number of non-ortho nitro benzene ring substituents is 1. The van der Waals surface area contributed by atoms with Gasteiger partial charge in [0.05, 0.1) is 29.8 Å². The largest absolute Gasteiger partial charge is 0.377 e. The Bertz CT molecular complexity index is 1260. The van der Waals surface area contributed by atoms with Gasteiger partial charge >= 0.3 is 0 Å². The smallest absolute Gasteiger partial charge is 0.278 e. The van der Waals surface area contributed by atoms with E-state index < -0.39 is 16.7 Å². The Labute approximate surface area is 190 Å². The minimum atomic E-state index is -0.509. The first-order chi connectivity index (χ1) is 15.9. The number of nitrogens with one attached hydrogen (secondary N) is 1. The predicted octanol–water partition coefficient (Wildman–Crippen LogP) is 4.37. The first kappa shape index (κ1) is 22.2. The molecule has 2 amide bonds. The normalized spacial score (nSPS) is 14.0. The van der Waals surface area contributed by atoms with Crippen LogP contribution in [0.15, 0.2) is 72.4 Å². The van der Waals surface area contributed by atoms with Crippen LogP contribution in [0.1, 0.15) is 19.4 Å². The summed E-state index contributed by atoms with van der Waals surface area (Å²) in [6.45, 7) is 4.07. The second-order valence-corrected chi connectivity index (χ2v) is 7.89. The molecule has 8 nitrogen and oxygen atoms in total. The van der Waals surface area contributed by atoms with Gasteiger partial charge in [0, 0.05) is 23.2 Å². The van der Waals surface area contributed by atoms with Crippen molar-refractivity contribution in [2.75, 3.05) is 18.5 Å². The summed E-state index contributed by atoms with van der Waals surface area (Å²) in [4.78, 5) is 38.3. The van der Waals surface area contributed by atoms with E-state index in [0.29, 0.717) is 11.3 Å². The van der Waals surface area contributed by atoms with Crippen molar-refractivity contribution in [2.45, 2.75) is 20.0 Å².